The molecule has 1 fully saturated rings. The highest BCUT2D eigenvalue weighted by Crippen LogP contribution is 2.30. The lowest BCUT2D eigenvalue weighted by atomic mass is 10.3. The Morgan fingerprint density at radius 3 is 2.88 bits per heavy atom. The molecule has 0 unspecified atom stereocenters. The average molecular weight is 254 g/mol. The van der Waals surface area contributed by atoms with E-state index >= 15 is 0 Å². The van der Waals surface area contributed by atoms with Gasteiger partial charge < -0.3 is 10.2 Å². The summed E-state index contributed by atoms with van der Waals surface area (Å²) in [7, 11) is 3.56. The number of carbonyl (C=O) groups excluding carboxylic acids is 1. The molecule has 4 nitrogen and oxygen atoms in total. The third kappa shape index (κ3) is 2.88. The van der Waals surface area contributed by atoms with Crippen molar-refractivity contribution in [1.82, 2.24) is 9.88 Å². The number of hydrogen-bond acceptors (Lipinski definition) is 3. The van der Waals surface area contributed by atoms with E-state index in [2.05, 4.69) is 10.3 Å². The Morgan fingerprint density at radius 2 is 2.29 bits per heavy atom. The SMILES string of the molecule is CNc1ccc(Cl)c(C(=O)N(C)CC2CC2)n1. The molecule has 2 rings (SSSR count). The van der Waals surface area contributed by atoms with Crippen LogP contribution >= 0.6 is 11.6 Å². The van der Waals surface area contributed by atoms with E-state index in [1.165, 1.54) is 12.8 Å². The minimum atomic E-state index is -0.112. The first-order valence-corrected chi connectivity index (χ1v) is 6.09. The molecule has 1 aromatic heterocycles. The zero-order chi connectivity index (χ0) is 12.4. The van der Waals surface area contributed by atoms with Gasteiger partial charge in [-0.2, -0.15) is 0 Å². The predicted octanol–water partition coefficient (Wildman–Crippen LogP) is 2.26. The van der Waals surface area contributed by atoms with Gasteiger partial charge in [0.25, 0.3) is 5.91 Å². The molecule has 0 aromatic carbocycles. The van der Waals surface area contributed by atoms with Gasteiger partial charge in [0.15, 0.2) is 0 Å². The minimum Gasteiger partial charge on any atom is -0.373 e. The van der Waals surface area contributed by atoms with Gasteiger partial charge in [-0.05, 0) is 30.9 Å². The first-order chi connectivity index (χ1) is 8.11. The molecule has 92 valence electrons. The zero-order valence-corrected chi connectivity index (χ0v) is 10.8. The Kier molecular flexibility index (Phi) is 3.52. The fraction of sp³-hybridized carbons (Fsp3) is 0.500. The summed E-state index contributed by atoms with van der Waals surface area (Å²) in [5.41, 5.74) is 0.321. The van der Waals surface area contributed by atoms with Crippen molar-refractivity contribution in [3.05, 3.63) is 22.8 Å². The Morgan fingerprint density at radius 1 is 1.59 bits per heavy atom. The summed E-state index contributed by atoms with van der Waals surface area (Å²) < 4.78 is 0. The monoisotopic (exact) mass is 253 g/mol. The standard InChI is InChI=1S/C12H16ClN3O/c1-14-10-6-5-9(13)11(15-10)12(17)16(2)7-8-3-4-8/h5-6,8H,3-4,7H2,1-2H3,(H,14,15). The maximum Gasteiger partial charge on any atom is 0.273 e. The van der Waals surface area contributed by atoms with Gasteiger partial charge in [-0.25, -0.2) is 4.98 Å². The van der Waals surface area contributed by atoms with Gasteiger partial charge in [0.1, 0.15) is 11.5 Å². The highest BCUT2D eigenvalue weighted by atomic mass is 35.5. The van der Waals surface area contributed by atoms with E-state index < -0.39 is 0 Å². The predicted molar refractivity (Wildman–Crippen MR) is 68.5 cm³/mol. The number of aromatic nitrogens is 1. The molecule has 0 radical (unpaired) electrons. The largest absolute Gasteiger partial charge is 0.373 e. The lowest BCUT2D eigenvalue weighted by Gasteiger charge is -2.17. The van der Waals surface area contributed by atoms with Crippen molar-refractivity contribution in [3.63, 3.8) is 0 Å². The van der Waals surface area contributed by atoms with Crippen molar-refractivity contribution in [2.75, 3.05) is 26.0 Å². The molecular formula is C12H16ClN3O. The number of rotatable bonds is 4. The fourth-order valence-electron chi connectivity index (χ4n) is 1.68. The van der Waals surface area contributed by atoms with E-state index in [4.69, 9.17) is 11.6 Å². The fourth-order valence-corrected chi connectivity index (χ4v) is 1.87. The number of anilines is 1. The summed E-state index contributed by atoms with van der Waals surface area (Å²) in [5, 5.41) is 3.30. The van der Waals surface area contributed by atoms with Crippen LogP contribution in [0.2, 0.25) is 5.02 Å². The first kappa shape index (κ1) is 12.2. The molecule has 1 N–H and O–H groups in total. The smallest absolute Gasteiger partial charge is 0.273 e. The molecular weight excluding hydrogens is 238 g/mol. The summed E-state index contributed by atoms with van der Waals surface area (Å²) in [6.45, 7) is 0.792. The second kappa shape index (κ2) is 4.92. The van der Waals surface area contributed by atoms with Gasteiger partial charge in [0.05, 0.1) is 5.02 Å². The topological polar surface area (TPSA) is 45.2 Å². The van der Waals surface area contributed by atoms with E-state index in [0.29, 0.717) is 22.5 Å². The van der Waals surface area contributed by atoms with Crippen molar-refractivity contribution >= 4 is 23.3 Å². The molecule has 1 aromatic rings. The molecule has 1 saturated carbocycles. The van der Waals surface area contributed by atoms with Crippen LogP contribution in [0.25, 0.3) is 0 Å². The van der Waals surface area contributed by atoms with E-state index in [0.717, 1.165) is 6.54 Å². The van der Waals surface area contributed by atoms with Crippen molar-refractivity contribution in [2.45, 2.75) is 12.8 Å². The Balaban J connectivity index is 2.16. The van der Waals surface area contributed by atoms with Gasteiger partial charge in [-0.15, -0.1) is 0 Å². The zero-order valence-electron chi connectivity index (χ0n) is 10.0. The molecule has 5 heteroatoms. The summed E-state index contributed by atoms with van der Waals surface area (Å²) in [6, 6.07) is 3.44. The molecule has 1 aliphatic rings. The molecule has 17 heavy (non-hydrogen) atoms. The molecule has 0 bridgehead atoms. The number of pyridine rings is 1. The number of carbonyl (C=O) groups is 1. The lowest BCUT2D eigenvalue weighted by Crippen LogP contribution is -2.29. The number of nitrogens with one attached hydrogen (secondary N) is 1. The quantitative estimate of drug-likeness (QED) is 0.895. The van der Waals surface area contributed by atoms with Crippen LogP contribution in [0.1, 0.15) is 23.3 Å². The summed E-state index contributed by atoms with van der Waals surface area (Å²) in [4.78, 5) is 18.1. The molecule has 0 aliphatic heterocycles. The number of halogens is 1. The lowest BCUT2D eigenvalue weighted by molar-refractivity contribution is 0.0783. The number of hydrogen-bond donors (Lipinski definition) is 1. The highest BCUT2D eigenvalue weighted by molar-refractivity contribution is 6.33. The summed E-state index contributed by atoms with van der Waals surface area (Å²) in [5.74, 6) is 1.20. The summed E-state index contributed by atoms with van der Waals surface area (Å²) in [6.07, 6.45) is 2.44. The van der Waals surface area contributed by atoms with Gasteiger partial charge in [0.2, 0.25) is 0 Å². The van der Waals surface area contributed by atoms with Gasteiger partial charge >= 0.3 is 0 Å². The van der Waals surface area contributed by atoms with Crippen LogP contribution in [-0.2, 0) is 0 Å². The second-order valence-corrected chi connectivity index (χ2v) is 4.81. The normalized spacial score (nSPS) is 14.5. The molecule has 0 saturated heterocycles. The van der Waals surface area contributed by atoms with E-state index in [9.17, 15) is 4.79 Å². The minimum absolute atomic E-state index is 0.112. The van der Waals surface area contributed by atoms with E-state index in [-0.39, 0.29) is 5.91 Å². The second-order valence-electron chi connectivity index (χ2n) is 4.41. The van der Waals surface area contributed by atoms with Gasteiger partial charge in [-0.1, -0.05) is 11.6 Å². The van der Waals surface area contributed by atoms with Crippen molar-refractivity contribution < 1.29 is 4.79 Å². The maximum atomic E-state index is 12.1. The van der Waals surface area contributed by atoms with E-state index in [1.54, 1.807) is 31.1 Å². The maximum absolute atomic E-state index is 12.1. The number of nitrogens with zero attached hydrogens (tertiary/aromatic N) is 2. The van der Waals surface area contributed by atoms with E-state index in [1.807, 2.05) is 0 Å². The third-order valence-corrected chi connectivity index (χ3v) is 3.19. The van der Waals surface area contributed by atoms with Crippen molar-refractivity contribution in [2.24, 2.45) is 5.92 Å². The number of amides is 1. The van der Waals surface area contributed by atoms with Gasteiger partial charge in [-0.3, -0.25) is 4.79 Å². The molecule has 1 amide bonds. The third-order valence-electron chi connectivity index (χ3n) is 2.88. The highest BCUT2D eigenvalue weighted by Gasteiger charge is 2.26. The van der Waals surface area contributed by atoms with Crippen molar-refractivity contribution in [1.29, 1.82) is 0 Å². The Bertz CT molecular complexity index is 432. The average Bonchev–Trinajstić information content (AvgIpc) is 3.12. The first-order valence-electron chi connectivity index (χ1n) is 5.71. The molecule has 1 aliphatic carbocycles. The van der Waals surface area contributed by atoms with Crippen molar-refractivity contribution in [3.8, 4) is 0 Å². The van der Waals surface area contributed by atoms with Crippen LogP contribution in [0.15, 0.2) is 12.1 Å². The molecule has 0 spiro atoms. The van der Waals surface area contributed by atoms with Crippen LogP contribution in [-0.4, -0.2) is 36.4 Å². The van der Waals surface area contributed by atoms with Crippen LogP contribution in [0, 0.1) is 5.92 Å². The molecule has 1 heterocycles. The van der Waals surface area contributed by atoms with Crippen LogP contribution < -0.4 is 5.32 Å². The van der Waals surface area contributed by atoms with Crippen LogP contribution in [0.3, 0.4) is 0 Å². The Labute approximate surface area is 106 Å². The molecule has 0 atom stereocenters. The Hall–Kier alpha value is -1.29. The van der Waals surface area contributed by atoms with Crippen LogP contribution in [0.5, 0.6) is 0 Å². The van der Waals surface area contributed by atoms with Gasteiger partial charge in [0, 0.05) is 20.6 Å². The van der Waals surface area contributed by atoms with Crippen LogP contribution in [0.4, 0.5) is 5.82 Å². The summed E-state index contributed by atoms with van der Waals surface area (Å²) >= 11 is 6.01.